The number of carbonyl (C=O) groups excluding carboxylic acids is 1. The van der Waals surface area contributed by atoms with E-state index in [1.54, 1.807) is 36.5 Å². The van der Waals surface area contributed by atoms with E-state index in [4.69, 9.17) is 9.72 Å². The third kappa shape index (κ3) is 3.76. The summed E-state index contributed by atoms with van der Waals surface area (Å²) in [6, 6.07) is 16.9. The lowest BCUT2D eigenvalue weighted by Gasteiger charge is -2.21. The Balaban J connectivity index is 1.79. The highest BCUT2D eigenvalue weighted by Crippen LogP contribution is 2.33. The van der Waals surface area contributed by atoms with Crippen molar-refractivity contribution in [3.63, 3.8) is 0 Å². The zero-order chi connectivity index (χ0) is 19.5. The predicted molar refractivity (Wildman–Crippen MR) is 115 cm³/mol. The minimum atomic E-state index is -0.167. The molecule has 0 saturated carbocycles. The Labute approximate surface area is 174 Å². The van der Waals surface area contributed by atoms with Gasteiger partial charge in [-0.05, 0) is 42.0 Å². The number of ether oxygens (including phenoxy) is 1. The highest BCUT2D eigenvalue weighted by atomic mass is 79.9. The maximum atomic E-state index is 13.5. The Morgan fingerprint density at radius 1 is 1.18 bits per heavy atom. The molecule has 0 fully saturated rings. The van der Waals surface area contributed by atoms with Crippen LogP contribution in [-0.2, 0) is 6.54 Å². The number of fused-ring (bicyclic) bond motifs is 1. The van der Waals surface area contributed by atoms with Crippen LogP contribution < -0.4 is 9.64 Å². The second-order valence-electron chi connectivity index (χ2n) is 6.06. The molecule has 0 radical (unpaired) electrons. The highest BCUT2D eigenvalue weighted by Gasteiger charge is 2.24. The zero-order valence-electron chi connectivity index (χ0n) is 15.0. The lowest BCUT2D eigenvalue weighted by Crippen LogP contribution is -2.30. The molecule has 0 aliphatic heterocycles. The van der Waals surface area contributed by atoms with E-state index in [9.17, 15) is 4.79 Å². The summed E-state index contributed by atoms with van der Waals surface area (Å²) in [4.78, 5) is 24.0. The molecule has 0 aliphatic carbocycles. The molecule has 7 heteroatoms. The molecule has 140 valence electrons. The number of anilines is 1. The molecule has 0 atom stereocenters. The van der Waals surface area contributed by atoms with E-state index >= 15 is 0 Å². The van der Waals surface area contributed by atoms with Crippen molar-refractivity contribution in [2.75, 3.05) is 12.0 Å². The number of pyridine rings is 1. The molecule has 2 aromatic carbocycles. The van der Waals surface area contributed by atoms with Crippen LogP contribution in [0.2, 0.25) is 0 Å². The minimum absolute atomic E-state index is 0.167. The summed E-state index contributed by atoms with van der Waals surface area (Å²) in [5.41, 5.74) is 2.27. The Hall–Kier alpha value is -2.77. The maximum Gasteiger partial charge on any atom is 0.264 e. The Kier molecular flexibility index (Phi) is 5.36. The molecule has 5 nitrogen and oxygen atoms in total. The molecule has 4 aromatic rings. The Bertz CT molecular complexity index is 1130. The van der Waals surface area contributed by atoms with E-state index in [2.05, 4.69) is 20.9 Å². The summed E-state index contributed by atoms with van der Waals surface area (Å²) < 4.78 is 7.38. The van der Waals surface area contributed by atoms with Crippen LogP contribution in [0.15, 0.2) is 71.5 Å². The summed E-state index contributed by atoms with van der Waals surface area (Å²) in [6.45, 7) is 0.367. The van der Waals surface area contributed by atoms with Gasteiger partial charge in [0, 0.05) is 16.9 Å². The summed E-state index contributed by atoms with van der Waals surface area (Å²) >= 11 is 4.97. The summed E-state index contributed by atoms with van der Waals surface area (Å²) in [5, 5.41) is 0.632. The highest BCUT2D eigenvalue weighted by molar-refractivity contribution is 9.10. The molecule has 2 aromatic heterocycles. The van der Waals surface area contributed by atoms with Crippen molar-refractivity contribution in [2.45, 2.75) is 6.54 Å². The van der Waals surface area contributed by atoms with Gasteiger partial charge in [0.05, 0.1) is 29.4 Å². The molecule has 0 N–H and O–H groups in total. The van der Waals surface area contributed by atoms with E-state index in [1.165, 1.54) is 11.3 Å². The van der Waals surface area contributed by atoms with Crippen LogP contribution in [0.3, 0.4) is 0 Å². The fourth-order valence-electron chi connectivity index (χ4n) is 2.87. The first-order valence-corrected chi connectivity index (χ1v) is 10.2. The second kappa shape index (κ2) is 8.08. The van der Waals surface area contributed by atoms with Crippen molar-refractivity contribution in [1.29, 1.82) is 0 Å². The number of amides is 1. The number of aromatic nitrogens is 2. The largest absolute Gasteiger partial charge is 0.496 e. The number of nitrogens with zero attached hydrogens (tertiary/aromatic N) is 3. The fraction of sp³-hybridized carbons (Fsp3) is 0.0952. The molecule has 2 heterocycles. The van der Waals surface area contributed by atoms with Gasteiger partial charge < -0.3 is 4.74 Å². The van der Waals surface area contributed by atoms with E-state index < -0.39 is 0 Å². The van der Waals surface area contributed by atoms with Gasteiger partial charge in [0.1, 0.15) is 5.75 Å². The van der Waals surface area contributed by atoms with Crippen molar-refractivity contribution in [1.82, 2.24) is 9.97 Å². The minimum Gasteiger partial charge on any atom is -0.496 e. The lowest BCUT2D eigenvalue weighted by atomic mass is 10.1. The number of methoxy groups -OCH3 is 1. The lowest BCUT2D eigenvalue weighted by molar-refractivity contribution is 0.0982. The van der Waals surface area contributed by atoms with Crippen LogP contribution in [0.1, 0.15) is 15.9 Å². The third-order valence-electron chi connectivity index (χ3n) is 4.22. The van der Waals surface area contributed by atoms with Gasteiger partial charge in [-0.25, -0.2) is 4.98 Å². The van der Waals surface area contributed by atoms with Crippen LogP contribution in [0, 0.1) is 0 Å². The third-order valence-corrected chi connectivity index (χ3v) is 5.75. The van der Waals surface area contributed by atoms with E-state index in [1.807, 2.05) is 42.5 Å². The predicted octanol–water partition coefficient (Wildman–Crippen LogP) is 5.31. The molecule has 4 rings (SSSR count). The first-order valence-electron chi connectivity index (χ1n) is 8.55. The average molecular weight is 454 g/mol. The van der Waals surface area contributed by atoms with E-state index in [-0.39, 0.29) is 5.91 Å². The molecule has 0 bridgehead atoms. The monoisotopic (exact) mass is 453 g/mol. The number of benzene rings is 2. The van der Waals surface area contributed by atoms with Crippen LogP contribution in [0.25, 0.3) is 10.2 Å². The molecule has 0 aliphatic rings. The first-order chi connectivity index (χ1) is 13.7. The van der Waals surface area contributed by atoms with E-state index in [0.717, 1.165) is 20.3 Å². The SMILES string of the molecule is COc1ccccc1C(=O)N(Cc1cccnc1)c1nc2ccc(Br)cc2s1. The number of halogens is 1. The van der Waals surface area contributed by atoms with Crippen molar-refractivity contribution >= 4 is 48.5 Å². The van der Waals surface area contributed by atoms with Crippen LogP contribution in [0.4, 0.5) is 5.13 Å². The summed E-state index contributed by atoms with van der Waals surface area (Å²) in [5.74, 6) is 0.368. The molecule has 0 unspecified atom stereocenters. The van der Waals surface area contributed by atoms with Crippen molar-refractivity contribution < 1.29 is 9.53 Å². The van der Waals surface area contributed by atoms with E-state index in [0.29, 0.717) is 23.0 Å². The number of para-hydroxylation sites is 1. The smallest absolute Gasteiger partial charge is 0.264 e. The molecule has 28 heavy (non-hydrogen) atoms. The molecule has 0 spiro atoms. The van der Waals surface area contributed by atoms with Gasteiger partial charge in [0.15, 0.2) is 5.13 Å². The zero-order valence-corrected chi connectivity index (χ0v) is 17.4. The van der Waals surface area contributed by atoms with Crippen LogP contribution >= 0.6 is 27.3 Å². The average Bonchev–Trinajstić information content (AvgIpc) is 3.15. The Morgan fingerprint density at radius 3 is 2.82 bits per heavy atom. The van der Waals surface area contributed by atoms with Gasteiger partial charge in [-0.1, -0.05) is 45.5 Å². The maximum absolute atomic E-state index is 13.5. The van der Waals surface area contributed by atoms with Gasteiger partial charge in [-0.15, -0.1) is 0 Å². The molecule has 1 amide bonds. The number of rotatable bonds is 5. The molecular formula is C21H16BrN3O2S. The van der Waals surface area contributed by atoms with Crippen molar-refractivity contribution in [3.05, 3.63) is 82.6 Å². The number of carbonyl (C=O) groups is 1. The Morgan fingerprint density at radius 2 is 2.04 bits per heavy atom. The summed E-state index contributed by atoms with van der Waals surface area (Å²) in [7, 11) is 1.56. The first kappa shape index (κ1) is 18.6. The number of hydrogen-bond donors (Lipinski definition) is 0. The normalized spacial score (nSPS) is 10.8. The van der Waals surface area contributed by atoms with Crippen molar-refractivity contribution in [2.24, 2.45) is 0 Å². The second-order valence-corrected chi connectivity index (χ2v) is 7.99. The molecular weight excluding hydrogens is 438 g/mol. The van der Waals surface area contributed by atoms with Crippen molar-refractivity contribution in [3.8, 4) is 5.75 Å². The quantitative estimate of drug-likeness (QED) is 0.410. The van der Waals surface area contributed by atoms with Crippen LogP contribution in [0.5, 0.6) is 5.75 Å². The fourth-order valence-corrected chi connectivity index (χ4v) is 4.38. The summed E-state index contributed by atoms with van der Waals surface area (Å²) in [6.07, 6.45) is 3.47. The van der Waals surface area contributed by atoms with Gasteiger partial charge in [0.2, 0.25) is 0 Å². The van der Waals surface area contributed by atoms with Gasteiger partial charge >= 0.3 is 0 Å². The van der Waals surface area contributed by atoms with Gasteiger partial charge in [0.25, 0.3) is 5.91 Å². The van der Waals surface area contributed by atoms with Gasteiger partial charge in [-0.2, -0.15) is 0 Å². The van der Waals surface area contributed by atoms with Gasteiger partial charge in [-0.3, -0.25) is 14.7 Å². The standard InChI is InChI=1S/C21H16BrN3O2S/c1-27-18-7-3-2-6-16(18)20(26)25(13-14-5-4-10-23-12-14)21-24-17-9-8-15(22)11-19(17)28-21/h2-12H,13H2,1H3. The van der Waals surface area contributed by atoms with Crippen LogP contribution in [-0.4, -0.2) is 23.0 Å². The number of thiazole rings is 1. The number of hydrogen-bond acceptors (Lipinski definition) is 5. The molecule has 0 saturated heterocycles. The topological polar surface area (TPSA) is 55.3 Å².